The summed E-state index contributed by atoms with van der Waals surface area (Å²) in [6, 6.07) is 13.9. The van der Waals surface area contributed by atoms with Gasteiger partial charge in [-0.1, -0.05) is 18.2 Å². The van der Waals surface area contributed by atoms with Crippen molar-refractivity contribution >= 4 is 33.5 Å². The molecule has 1 aliphatic rings. The van der Waals surface area contributed by atoms with Crippen molar-refractivity contribution in [2.45, 2.75) is 16.3 Å². The second kappa shape index (κ2) is 6.70. The van der Waals surface area contributed by atoms with E-state index in [2.05, 4.69) is 28.6 Å². The van der Waals surface area contributed by atoms with Crippen LogP contribution in [0.5, 0.6) is 0 Å². The third-order valence-electron chi connectivity index (χ3n) is 4.32. The van der Waals surface area contributed by atoms with E-state index in [0.29, 0.717) is 6.54 Å². The molecule has 0 bridgehead atoms. The van der Waals surface area contributed by atoms with Gasteiger partial charge < -0.3 is 4.90 Å². The average molecular weight is 385 g/mol. The molecular formula is C20H16FNO2S2. The first-order chi connectivity index (χ1) is 12.5. The summed E-state index contributed by atoms with van der Waals surface area (Å²) < 4.78 is 39.5. The minimum atomic E-state index is -3.63. The maximum Gasteiger partial charge on any atom is 0.206 e. The van der Waals surface area contributed by atoms with Crippen molar-refractivity contribution in [1.29, 1.82) is 0 Å². The van der Waals surface area contributed by atoms with E-state index in [1.165, 1.54) is 21.9 Å². The lowest BCUT2D eigenvalue weighted by Gasteiger charge is -2.20. The van der Waals surface area contributed by atoms with E-state index >= 15 is 0 Å². The van der Waals surface area contributed by atoms with Crippen LogP contribution in [0.4, 0.5) is 4.39 Å². The molecule has 4 rings (SSSR count). The molecule has 3 aromatic rings. The van der Waals surface area contributed by atoms with Crippen LogP contribution < -0.4 is 9.75 Å². The van der Waals surface area contributed by atoms with Crippen LogP contribution >= 0.6 is 11.3 Å². The summed E-state index contributed by atoms with van der Waals surface area (Å²) in [7, 11) is -3.63. The molecule has 1 aromatic heterocycles. The smallest absolute Gasteiger partial charge is 0.206 e. The molecule has 0 saturated carbocycles. The number of rotatable bonds is 4. The molecule has 0 saturated heterocycles. The van der Waals surface area contributed by atoms with Gasteiger partial charge in [-0.25, -0.2) is 12.8 Å². The van der Waals surface area contributed by atoms with Gasteiger partial charge >= 0.3 is 0 Å². The normalized spacial score (nSPS) is 13.7. The molecule has 0 radical (unpaired) electrons. The number of hydrogen-bond donors (Lipinski definition) is 0. The van der Waals surface area contributed by atoms with Crippen molar-refractivity contribution in [3.05, 3.63) is 81.1 Å². The molecule has 0 atom stereocenters. The number of hydrogen-bond acceptors (Lipinski definition) is 4. The van der Waals surface area contributed by atoms with Crippen LogP contribution in [0.1, 0.15) is 5.56 Å². The predicted octanol–water partition coefficient (Wildman–Crippen LogP) is 2.75. The van der Waals surface area contributed by atoms with Gasteiger partial charge in [-0.2, -0.15) is 0 Å². The van der Waals surface area contributed by atoms with Crippen molar-refractivity contribution in [2.75, 3.05) is 6.54 Å². The van der Waals surface area contributed by atoms with E-state index < -0.39 is 15.7 Å². The molecule has 0 aliphatic carbocycles. The molecular weight excluding hydrogens is 369 g/mol. The van der Waals surface area contributed by atoms with E-state index in [1.54, 1.807) is 23.5 Å². The predicted molar refractivity (Wildman–Crippen MR) is 101 cm³/mol. The maximum atomic E-state index is 13.0. The highest BCUT2D eigenvalue weighted by atomic mass is 32.2. The second-order valence-corrected chi connectivity index (χ2v) is 9.00. The minimum absolute atomic E-state index is 0.0934. The van der Waals surface area contributed by atoms with Gasteiger partial charge in [0.1, 0.15) is 5.82 Å². The number of thiophene rings is 1. The lowest BCUT2D eigenvalue weighted by Crippen LogP contribution is -2.31. The molecule has 2 aromatic carbocycles. The van der Waals surface area contributed by atoms with Crippen LogP contribution in [0.2, 0.25) is 0 Å². The molecule has 0 amide bonds. The Bertz CT molecular complexity index is 1150. The zero-order valence-electron chi connectivity index (χ0n) is 13.8. The summed E-state index contributed by atoms with van der Waals surface area (Å²) in [5, 5.41) is 3.35. The zero-order chi connectivity index (χ0) is 18.1. The van der Waals surface area contributed by atoms with Gasteiger partial charge in [-0.15, -0.1) is 11.3 Å². The first-order valence-electron chi connectivity index (χ1n) is 8.11. The van der Waals surface area contributed by atoms with Gasteiger partial charge in [0.2, 0.25) is 9.84 Å². The topological polar surface area (TPSA) is 37.4 Å². The van der Waals surface area contributed by atoms with Gasteiger partial charge in [0.15, 0.2) is 0 Å². The van der Waals surface area contributed by atoms with Crippen LogP contribution in [0.25, 0.3) is 12.3 Å². The molecule has 3 nitrogen and oxygen atoms in total. The molecule has 26 heavy (non-hydrogen) atoms. The first kappa shape index (κ1) is 17.0. The Balaban J connectivity index is 1.54. The van der Waals surface area contributed by atoms with Crippen LogP contribution in [-0.2, 0) is 16.4 Å². The maximum absolute atomic E-state index is 13.0. The Morgan fingerprint density at radius 3 is 2.31 bits per heavy atom. The molecule has 1 aliphatic heterocycles. The number of benzene rings is 2. The molecule has 0 N–H and O–H groups in total. The summed E-state index contributed by atoms with van der Waals surface area (Å²) in [6.07, 6.45) is 4.34. The Kier molecular flexibility index (Phi) is 4.38. The fraction of sp³-hybridized carbons (Fsp3) is 0.100. The number of nitrogens with zero attached hydrogens (tertiary/aromatic N) is 1. The lowest BCUT2D eigenvalue weighted by molar-refractivity contribution is 0.455. The Labute approximate surface area is 155 Å². The summed E-state index contributed by atoms with van der Waals surface area (Å²) in [5.41, 5.74) is 1.03. The SMILES string of the molecule is O=S(=O)(c1ccc(F)cc1)c1ccc(CN2C=c3sccc3=CC2)cc1. The minimum Gasteiger partial charge on any atom is -0.368 e. The largest absolute Gasteiger partial charge is 0.368 e. The molecule has 6 heteroatoms. The van der Waals surface area contributed by atoms with E-state index in [1.807, 2.05) is 12.1 Å². The van der Waals surface area contributed by atoms with Gasteiger partial charge in [0.05, 0.1) is 9.79 Å². The van der Waals surface area contributed by atoms with Crippen molar-refractivity contribution < 1.29 is 12.8 Å². The Morgan fingerprint density at radius 1 is 0.962 bits per heavy atom. The van der Waals surface area contributed by atoms with Gasteiger partial charge in [-0.05, 0) is 58.6 Å². The van der Waals surface area contributed by atoms with Crippen LogP contribution in [0, 0.1) is 5.82 Å². The molecule has 2 heterocycles. The third-order valence-corrected chi connectivity index (χ3v) is 6.97. The standard InChI is InChI=1S/C20H16FNO2S2/c21-17-3-7-19(8-4-17)26(23,24)18-5-1-15(2-6-18)13-22-11-9-16-10-12-25-20(16)14-22/h1-10,12,14H,11,13H2. The lowest BCUT2D eigenvalue weighted by atomic mass is 10.2. The van der Waals surface area contributed by atoms with Crippen LogP contribution in [0.15, 0.2) is 69.8 Å². The van der Waals surface area contributed by atoms with Gasteiger partial charge in [0, 0.05) is 23.8 Å². The van der Waals surface area contributed by atoms with Crippen molar-refractivity contribution in [3.8, 4) is 0 Å². The van der Waals surface area contributed by atoms with Crippen molar-refractivity contribution in [1.82, 2.24) is 4.90 Å². The quantitative estimate of drug-likeness (QED) is 0.648. The van der Waals surface area contributed by atoms with E-state index in [4.69, 9.17) is 0 Å². The Hall–Kier alpha value is -2.44. The number of sulfone groups is 1. The molecule has 0 fully saturated rings. The summed E-state index contributed by atoms with van der Waals surface area (Å²) in [6.45, 7) is 1.55. The van der Waals surface area contributed by atoms with Gasteiger partial charge in [0.25, 0.3) is 0 Å². The monoisotopic (exact) mass is 385 g/mol. The summed E-state index contributed by atoms with van der Waals surface area (Å²) in [5.74, 6) is -0.456. The van der Waals surface area contributed by atoms with Crippen molar-refractivity contribution in [3.63, 3.8) is 0 Å². The molecule has 132 valence electrons. The zero-order valence-corrected chi connectivity index (χ0v) is 15.4. The highest BCUT2D eigenvalue weighted by Crippen LogP contribution is 2.22. The van der Waals surface area contributed by atoms with E-state index in [9.17, 15) is 12.8 Å². The molecule has 0 spiro atoms. The third kappa shape index (κ3) is 3.30. The second-order valence-electron chi connectivity index (χ2n) is 6.10. The van der Waals surface area contributed by atoms with Crippen LogP contribution in [0.3, 0.4) is 0 Å². The highest BCUT2D eigenvalue weighted by Gasteiger charge is 2.17. The highest BCUT2D eigenvalue weighted by molar-refractivity contribution is 7.91. The average Bonchev–Trinajstić information content (AvgIpc) is 3.10. The van der Waals surface area contributed by atoms with Crippen LogP contribution in [-0.4, -0.2) is 19.9 Å². The fourth-order valence-corrected chi connectivity index (χ4v) is 5.03. The summed E-state index contributed by atoms with van der Waals surface area (Å²) >= 11 is 1.71. The van der Waals surface area contributed by atoms with E-state index in [0.717, 1.165) is 24.2 Å². The summed E-state index contributed by atoms with van der Waals surface area (Å²) in [4.78, 5) is 2.50. The number of fused-ring (bicyclic) bond motifs is 1. The number of halogens is 1. The van der Waals surface area contributed by atoms with Gasteiger partial charge in [-0.3, -0.25) is 0 Å². The van der Waals surface area contributed by atoms with E-state index in [-0.39, 0.29) is 9.79 Å². The molecule has 0 unspecified atom stereocenters. The fourth-order valence-electron chi connectivity index (χ4n) is 2.91. The first-order valence-corrected chi connectivity index (χ1v) is 10.5. The van der Waals surface area contributed by atoms with Crippen molar-refractivity contribution in [2.24, 2.45) is 0 Å². The Morgan fingerprint density at radius 2 is 1.62 bits per heavy atom.